The summed E-state index contributed by atoms with van der Waals surface area (Å²) in [6, 6.07) is 0. The maximum absolute atomic E-state index is 12.5. The van der Waals surface area contributed by atoms with E-state index in [1.54, 1.807) is 0 Å². The first-order valence-corrected chi connectivity index (χ1v) is 22.1. The van der Waals surface area contributed by atoms with Crippen LogP contribution in [0.1, 0.15) is 194 Å². The Balaban J connectivity index is 4.03. The minimum Gasteiger partial charge on any atom is -0.462 e. The van der Waals surface area contributed by atoms with Crippen LogP contribution in [0.3, 0.4) is 0 Å². The minimum absolute atomic E-state index is 0.187. The molecule has 0 rings (SSSR count). The van der Waals surface area contributed by atoms with Crippen molar-refractivity contribution < 1.29 is 47.8 Å². The first-order valence-electron chi connectivity index (χ1n) is 20.6. The second kappa shape index (κ2) is 37.0. The zero-order valence-electron chi connectivity index (χ0n) is 32.6. The van der Waals surface area contributed by atoms with Gasteiger partial charge >= 0.3 is 19.8 Å². The molecule has 11 heteroatoms. The van der Waals surface area contributed by atoms with Gasteiger partial charge in [-0.3, -0.25) is 18.6 Å². The topological polar surface area (TPSA) is 149 Å². The Kier molecular flexibility index (Phi) is 36.1. The van der Waals surface area contributed by atoms with Gasteiger partial charge in [0.15, 0.2) is 6.10 Å². The van der Waals surface area contributed by atoms with E-state index in [2.05, 4.69) is 30.5 Å². The van der Waals surface area contributed by atoms with Gasteiger partial charge in [0.2, 0.25) is 0 Å². The minimum atomic E-state index is -4.60. The molecule has 0 spiro atoms. The number of carbonyl (C=O) groups excluding carboxylic acids is 2. The molecule has 0 saturated carbocycles. The van der Waals surface area contributed by atoms with E-state index >= 15 is 0 Å². The standard InChI is InChI=1S/C40H77O10P/c1-3-5-7-9-10-11-12-13-14-15-16-17-18-19-20-21-22-23-24-25-26-28-30-32-40(44)50-38(35-47-39(43)31-29-27-8-6-4-2)36-49-51(45,46)48-34-37(42)33-41/h15-16,37-38,41-42H,3-14,17-36H2,1-2H3,(H,45,46)/b16-15-. The highest BCUT2D eigenvalue weighted by molar-refractivity contribution is 7.47. The molecule has 51 heavy (non-hydrogen) atoms. The van der Waals surface area contributed by atoms with Crippen molar-refractivity contribution in [3.63, 3.8) is 0 Å². The van der Waals surface area contributed by atoms with Gasteiger partial charge in [-0.1, -0.05) is 154 Å². The van der Waals surface area contributed by atoms with Gasteiger partial charge in [0.25, 0.3) is 0 Å². The van der Waals surface area contributed by atoms with Crippen molar-refractivity contribution in [2.24, 2.45) is 0 Å². The summed E-state index contributed by atoms with van der Waals surface area (Å²) in [7, 11) is -4.60. The van der Waals surface area contributed by atoms with Crippen molar-refractivity contribution in [1.29, 1.82) is 0 Å². The number of hydrogen-bond donors (Lipinski definition) is 3. The Labute approximate surface area is 311 Å². The number of allylic oxidation sites excluding steroid dienone is 2. The van der Waals surface area contributed by atoms with Crippen LogP contribution in [0.4, 0.5) is 0 Å². The maximum Gasteiger partial charge on any atom is 0.472 e. The number of ether oxygens (including phenoxy) is 2. The van der Waals surface area contributed by atoms with Gasteiger partial charge in [-0.25, -0.2) is 4.57 Å². The van der Waals surface area contributed by atoms with Crippen molar-refractivity contribution in [2.75, 3.05) is 26.4 Å². The van der Waals surface area contributed by atoms with Crippen LogP contribution in [0.2, 0.25) is 0 Å². The Morgan fingerprint density at radius 1 is 0.569 bits per heavy atom. The molecular weight excluding hydrogens is 671 g/mol. The summed E-state index contributed by atoms with van der Waals surface area (Å²) in [5.41, 5.74) is 0. The second-order valence-electron chi connectivity index (χ2n) is 14.0. The zero-order valence-corrected chi connectivity index (χ0v) is 33.5. The molecule has 0 aliphatic carbocycles. The van der Waals surface area contributed by atoms with E-state index in [1.165, 1.54) is 109 Å². The van der Waals surface area contributed by atoms with Crippen molar-refractivity contribution in [2.45, 2.75) is 206 Å². The van der Waals surface area contributed by atoms with Crippen LogP contribution in [-0.2, 0) is 32.7 Å². The SMILES string of the molecule is CCCCCCCCCC/C=C\CCCCCCCCCCCCCC(=O)OC(COC(=O)CCCCCCC)COP(=O)(O)OCC(O)CO. The van der Waals surface area contributed by atoms with Crippen LogP contribution < -0.4 is 0 Å². The fourth-order valence-electron chi connectivity index (χ4n) is 5.69. The van der Waals surface area contributed by atoms with Crippen LogP contribution in [0.25, 0.3) is 0 Å². The monoisotopic (exact) mass is 749 g/mol. The van der Waals surface area contributed by atoms with E-state index in [0.717, 1.165) is 44.9 Å². The molecule has 0 amide bonds. The van der Waals surface area contributed by atoms with E-state index in [9.17, 15) is 24.2 Å². The zero-order chi connectivity index (χ0) is 37.7. The quantitative estimate of drug-likeness (QED) is 0.0240. The van der Waals surface area contributed by atoms with E-state index in [4.69, 9.17) is 19.1 Å². The van der Waals surface area contributed by atoms with Gasteiger partial charge in [-0.2, -0.15) is 0 Å². The molecule has 0 aromatic heterocycles. The van der Waals surface area contributed by atoms with E-state index in [0.29, 0.717) is 12.8 Å². The highest BCUT2D eigenvalue weighted by atomic mass is 31.2. The number of phosphoric acid groups is 1. The Morgan fingerprint density at radius 2 is 0.961 bits per heavy atom. The predicted molar refractivity (Wildman–Crippen MR) is 205 cm³/mol. The third-order valence-corrected chi connectivity index (χ3v) is 9.87. The fourth-order valence-corrected chi connectivity index (χ4v) is 6.48. The van der Waals surface area contributed by atoms with Crippen LogP contribution in [-0.4, -0.2) is 65.7 Å². The molecule has 3 N–H and O–H groups in total. The smallest absolute Gasteiger partial charge is 0.462 e. The molecule has 0 aromatic rings. The fraction of sp³-hybridized carbons (Fsp3) is 0.900. The van der Waals surface area contributed by atoms with E-state index < -0.39 is 51.8 Å². The van der Waals surface area contributed by atoms with Crippen LogP contribution >= 0.6 is 7.82 Å². The number of aliphatic hydroxyl groups is 2. The van der Waals surface area contributed by atoms with Crippen molar-refractivity contribution in [1.82, 2.24) is 0 Å². The molecule has 302 valence electrons. The molecule has 3 atom stereocenters. The predicted octanol–water partition coefficient (Wildman–Crippen LogP) is 10.4. The number of phosphoric ester groups is 1. The summed E-state index contributed by atoms with van der Waals surface area (Å²) < 4.78 is 32.4. The van der Waals surface area contributed by atoms with E-state index in [-0.39, 0.29) is 19.4 Å². The first kappa shape index (κ1) is 49.7. The van der Waals surface area contributed by atoms with Crippen molar-refractivity contribution >= 4 is 19.8 Å². The van der Waals surface area contributed by atoms with Gasteiger partial charge in [-0.15, -0.1) is 0 Å². The molecule has 0 aliphatic rings. The Bertz CT molecular complexity index is 868. The lowest BCUT2D eigenvalue weighted by Crippen LogP contribution is -2.29. The number of esters is 2. The number of aliphatic hydroxyl groups excluding tert-OH is 2. The summed E-state index contributed by atoms with van der Waals surface area (Å²) in [6.07, 6.45) is 33.8. The van der Waals surface area contributed by atoms with Gasteiger partial charge in [0, 0.05) is 12.8 Å². The number of carbonyl (C=O) groups is 2. The van der Waals surface area contributed by atoms with Crippen LogP contribution in [0, 0.1) is 0 Å². The molecular formula is C40H77O10P. The third-order valence-electron chi connectivity index (χ3n) is 8.92. The number of hydrogen-bond acceptors (Lipinski definition) is 9. The van der Waals surface area contributed by atoms with Crippen molar-refractivity contribution in [3.05, 3.63) is 12.2 Å². The molecule has 3 unspecified atom stereocenters. The van der Waals surface area contributed by atoms with Crippen molar-refractivity contribution in [3.8, 4) is 0 Å². The second-order valence-corrected chi connectivity index (χ2v) is 15.5. The molecule has 0 saturated heterocycles. The van der Waals surface area contributed by atoms with Crippen LogP contribution in [0.15, 0.2) is 12.2 Å². The lowest BCUT2D eigenvalue weighted by atomic mass is 10.0. The maximum atomic E-state index is 12.5. The van der Waals surface area contributed by atoms with Gasteiger partial charge < -0.3 is 24.6 Å². The lowest BCUT2D eigenvalue weighted by Gasteiger charge is -2.20. The number of unbranched alkanes of at least 4 members (excludes halogenated alkanes) is 23. The van der Waals surface area contributed by atoms with E-state index in [1.807, 2.05) is 0 Å². The Morgan fingerprint density at radius 3 is 1.41 bits per heavy atom. The normalized spacial score (nSPS) is 14.1. The average Bonchev–Trinajstić information content (AvgIpc) is 3.12. The van der Waals surface area contributed by atoms with Gasteiger partial charge in [0.05, 0.1) is 19.8 Å². The molecule has 0 heterocycles. The largest absolute Gasteiger partial charge is 0.472 e. The lowest BCUT2D eigenvalue weighted by molar-refractivity contribution is -0.161. The Hall–Kier alpha value is -1.29. The summed E-state index contributed by atoms with van der Waals surface area (Å²) in [5, 5.41) is 18.2. The molecule has 0 fully saturated rings. The highest BCUT2D eigenvalue weighted by Crippen LogP contribution is 2.43. The molecule has 0 aliphatic heterocycles. The van der Waals surface area contributed by atoms with Gasteiger partial charge in [-0.05, 0) is 38.5 Å². The molecule has 0 bridgehead atoms. The summed E-state index contributed by atoms with van der Waals surface area (Å²) in [4.78, 5) is 34.6. The third kappa shape index (κ3) is 36.8. The first-order chi connectivity index (χ1) is 24.7. The number of rotatable bonds is 39. The van der Waals surface area contributed by atoms with Crippen LogP contribution in [0.5, 0.6) is 0 Å². The molecule has 0 aromatic carbocycles. The average molecular weight is 749 g/mol. The molecule has 0 radical (unpaired) electrons. The molecule has 10 nitrogen and oxygen atoms in total. The highest BCUT2D eigenvalue weighted by Gasteiger charge is 2.27. The summed E-state index contributed by atoms with van der Waals surface area (Å²) in [5.74, 6) is -0.933. The summed E-state index contributed by atoms with van der Waals surface area (Å²) in [6.45, 7) is 2.28. The summed E-state index contributed by atoms with van der Waals surface area (Å²) >= 11 is 0. The van der Waals surface area contributed by atoms with Gasteiger partial charge in [0.1, 0.15) is 12.7 Å².